The molecule has 0 aliphatic rings. The van der Waals surface area contributed by atoms with Crippen LogP contribution in [0.4, 0.5) is 0 Å². The Bertz CT molecular complexity index is 451. The molecule has 1 aromatic carbocycles. The summed E-state index contributed by atoms with van der Waals surface area (Å²) >= 11 is 0. The SMILES string of the molecule is COc1ccc(CC(C)NCC(C)S(C)=O)cc1OC. The van der Waals surface area contributed by atoms with Gasteiger partial charge in [0.2, 0.25) is 0 Å². The summed E-state index contributed by atoms with van der Waals surface area (Å²) < 4.78 is 21.8. The minimum Gasteiger partial charge on any atom is -0.493 e. The molecule has 0 aromatic heterocycles. The van der Waals surface area contributed by atoms with Gasteiger partial charge in [-0.05, 0) is 38.0 Å². The van der Waals surface area contributed by atoms with E-state index < -0.39 is 10.8 Å². The van der Waals surface area contributed by atoms with E-state index in [1.807, 2.05) is 25.1 Å². The third-order valence-electron chi connectivity index (χ3n) is 3.31. The predicted molar refractivity (Wildman–Crippen MR) is 84.2 cm³/mol. The van der Waals surface area contributed by atoms with Crippen LogP contribution in [-0.4, -0.2) is 42.5 Å². The molecule has 3 atom stereocenters. The van der Waals surface area contributed by atoms with E-state index in [0.29, 0.717) is 6.04 Å². The minimum atomic E-state index is -0.782. The van der Waals surface area contributed by atoms with Gasteiger partial charge in [0.05, 0.1) is 14.2 Å². The molecule has 0 bridgehead atoms. The van der Waals surface area contributed by atoms with E-state index in [-0.39, 0.29) is 5.25 Å². The quantitative estimate of drug-likeness (QED) is 0.797. The number of benzene rings is 1. The van der Waals surface area contributed by atoms with Crippen molar-refractivity contribution in [3.63, 3.8) is 0 Å². The van der Waals surface area contributed by atoms with Crippen molar-refractivity contribution in [3.05, 3.63) is 23.8 Å². The fourth-order valence-electron chi connectivity index (χ4n) is 1.92. The molecule has 1 rings (SSSR count). The van der Waals surface area contributed by atoms with Crippen LogP contribution in [0.2, 0.25) is 0 Å². The van der Waals surface area contributed by atoms with Crippen LogP contribution in [0, 0.1) is 0 Å². The van der Waals surface area contributed by atoms with Gasteiger partial charge in [0.25, 0.3) is 0 Å². The fraction of sp³-hybridized carbons (Fsp3) is 0.600. The molecule has 1 N–H and O–H groups in total. The van der Waals surface area contributed by atoms with E-state index in [1.54, 1.807) is 20.5 Å². The lowest BCUT2D eigenvalue weighted by atomic mass is 10.1. The number of methoxy groups -OCH3 is 2. The van der Waals surface area contributed by atoms with Crippen LogP contribution in [0.15, 0.2) is 18.2 Å². The highest BCUT2D eigenvalue weighted by atomic mass is 32.2. The van der Waals surface area contributed by atoms with Crippen LogP contribution in [-0.2, 0) is 17.2 Å². The van der Waals surface area contributed by atoms with E-state index >= 15 is 0 Å². The van der Waals surface area contributed by atoms with Gasteiger partial charge in [-0.25, -0.2) is 0 Å². The molecular weight excluding hydrogens is 274 g/mol. The predicted octanol–water partition coefficient (Wildman–Crippen LogP) is 1.99. The Hall–Kier alpha value is -1.07. The monoisotopic (exact) mass is 299 g/mol. The summed E-state index contributed by atoms with van der Waals surface area (Å²) in [5, 5.41) is 3.58. The molecule has 3 unspecified atom stereocenters. The van der Waals surface area contributed by atoms with Crippen molar-refractivity contribution < 1.29 is 13.7 Å². The molecule has 20 heavy (non-hydrogen) atoms. The van der Waals surface area contributed by atoms with Gasteiger partial charge in [0.15, 0.2) is 11.5 Å². The molecule has 0 radical (unpaired) electrons. The highest BCUT2D eigenvalue weighted by Gasteiger charge is 2.10. The average molecular weight is 299 g/mol. The summed E-state index contributed by atoms with van der Waals surface area (Å²) in [4.78, 5) is 0. The molecular formula is C15H25NO3S. The first kappa shape index (κ1) is 17.0. The molecule has 0 saturated heterocycles. The zero-order valence-electron chi connectivity index (χ0n) is 12.9. The van der Waals surface area contributed by atoms with Gasteiger partial charge >= 0.3 is 0 Å². The standard InChI is InChI=1S/C15H25NO3S/c1-11(16-10-12(2)20(5)17)8-13-6-7-14(18-3)15(9-13)19-4/h6-7,9,11-12,16H,8,10H2,1-5H3. The van der Waals surface area contributed by atoms with Gasteiger partial charge in [0, 0.05) is 34.9 Å². The lowest BCUT2D eigenvalue weighted by molar-refractivity contribution is 0.354. The first-order valence-electron chi connectivity index (χ1n) is 6.74. The van der Waals surface area contributed by atoms with Crippen LogP contribution >= 0.6 is 0 Å². The topological polar surface area (TPSA) is 47.6 Å². The second-order valence-corrected chi connectivity index (χ2v) is 6.81. The van der Waals surface area contributed by atoms with Gasteiger partial charge < -0.3 is 14.8 Å². The second-order valence-electron chi connectivity index (χ2n) is 5.01. The smallest absolute Gasteiger partial charge is 0.160 e. The molecule has 4 nitrogen and oxygen atoms in total. The van der Waals surface area contributed by atoms with Gasteiger partial charge in [-0.1, -0.05) is 6.07 Å². The second kappa shape index (κ2) is 8.27. The Kier molecular flexibility index (Phi) is 7.02. The van der Waals surface area contributed by atoms with Gasteiger partial charge in [-0.3, -0.25) is 4.21 Å². The van der Waals surface area contributed by atoms with Crippen molar-refractivity contribution in [2.45, 2.75) is 31.6 Å². The third-order valence-corrected chi connectivity index (χ3v) is 4.61. The van der Waals surface area contributed by atoms with Crippen LogP contribution in [0.3, 0.4) is 0 Å². The molecule has 0 saturated carbocycles. The largest absolute Gasteiger partial charge is 0.493 e. The molecule has 114 valence electrons. The van der Waals surface area contributed by atoms with Crippen molar-refractivity contribution in [2.24, 2.45) is 0 Å². The van der Waals surface area contributed by atoms with Crippen molar-refractivity contribution in [2.75, 3.05) is 27.0 Å². The Balaban J connectivity index is 2.57. The zero-order valence-corrected chi connectivity index (χ0v) is 13.8. The van der Waals surface area contributed by atoms with E-state index in [4.69, 9.17) is 9.47 Å². The van der Waals surface area contributed by atoms with E-state index in [0.717, 1.165) is 24.5 Å². The molecule has 0 aliphatic carbocycles. The first-order chi connectivity index (χ1) is 9.47. The Morgan fingerprint density at radius 3 is 2.40 bits per heavy atom. The number of hydrogen-bond donors (Lipinski definition) is 1. The maximum Gasteiger partial charge on any atom is 0.160 e. The lowest BCUT2D eigenvalue weighted by Crippen LogP contribution is -2.35. The van der Waals surface area contributed by atoms with Crippen LogP contribution in [0.1, 0.15) is 19.4 Å². The first-order valence-corrected chi connectivity index (χ1v) is 8.36. The number of ether oxygens (including phenoxy) is 2. The number of nitrogens with one attached hydrogen (secondary N) is 1. The Morgan fingerprint density at radius 2 is 1.85 bits per heavy atom. The van der Waals surface area contributed by atoms with Crippen molar-refractivity contribution >= 4 is 10.8 Å². The molecule has 5 heteroatoms. The summed E-state index contributed by atoms with van der Waals surface area (Å²) in [5.41, 5.74) is 1.19. The van der Waals surface area contributed by atoms with Crippen molar-refractivity contribution in [1.82, 2.24) is 5.32 Å². The molecule has 0 spiro atoms. The lowest BCUT2D eigenvalue weighted by Gasteiger charge is -2.17. The number of hydrogen-bond acceptors (Lipinski definition) is 4. The normalized spacial score (nSPS) is 15.4. The Labute approximate surface area is 124 Å². The molecule has 0 heterocycles. The van der Waals surface area contributed by atoms with Crippen molar-refractivity contribution in [3.8, 4) is 11.5 Å². The average Bonchev–Trinajstić information content (AvgIpc) is 2.44. The maximum absolute atomic E-state index is 11.3. The fourth-order valence-corrected chi connectivity index (χ4v) is 2.25. The van der Waals surface area contributed by atoms with Gasteiger partial charge in [-0.2, -0.15) is 0 Å². The summed E-state index contributed by atoms with van der Waals surface area (Å²) in [7, 11) is 2.49. The van der Waals surface area contributed by atoms with E-state index in [1.165, 1.54) is 5.56 Å². The molecule has 0 aliphatic heterocycles. The van der Waals surface area contributed by atoms with Crippen LogP contribution < -0.4 is 14.8 Å². The summed E-state index contributed by atoms with van der Waals surface area (Å²) in [5.74, 6) is 1.49. The van der Waals surface area contributed by atoms with Gasteiger partial charge in [0.1, 0.15) is 0 Å². The minimum absolute atomic E-state index is 0.169. The number of rotatable bonds is 8. The molecule has 0 amide bonds. The van der Waals surface area contributed by atoms with E-state index in [2.05, 4.69) is 12.2 Å². The van der Waals surface area contributed by atoms with Crippen molar-refractivity contribution in [1.29, 1.82) is 0 Å². The highest BCUT2D eigenvalue weighted by molar-refractivity contribution is 7.84. The summed E-state index contributed by atoms with van der Waals surface area (Å²) in [6.07, 6.45) is 2.63. The molecule has 1 aromatic rings. The summed E-state index contributed by atoms with van der Waals surface area (Å²) in [6, 6.07) is 6.28. The third kappa shape index (κ3) is 5.13. The zero-order chi connectivity index (χ0) is 15.1. The Morgan fingerprint density at radius 1 is 1.20 bits per heavy atom. The van der Waals surface area contributed by atoms with E-state index in [9.17, 15) is 4.21 Å². The summed E-state index contributed by atoms with van der Waals surface area (Å²) in [6.45, 7) is 4.88. The highest BCUT2D eigenvalue weighted by Crippen LogP contribution is 2.27. The van der Waals surface area contributed by atoms with Gasteiger partial charge in [-0.15, -0.1) is 0 Å². The maximum atomic E-state index is 11.3. The van der Waals surface area contributed by atoms with Crippen LogP contribution in [0.25, 0.3) is 0 Å². The molecule has 0 fully saturated rings. The van der Waals surface area contributed by atoms with Crippen LogP contribution in [0.5, 0.6) is 11.5 Å².